The maximum Gasteiger partial charge on any atom is 0.152 e. The highest BCUT2D eigenvalue weighted by Gasteiger charge is 2.55. The molecular weight excluding hydrogens is 1180 g/mol. The zero-order valence-corrected chi connectivity index (χ0v) is 55.8. The van der Waals surface area contributed by atoms with Gasteiger partial charge >= 0.3 is 0 Å². The lowest BCUT2D eigenvalue weighted by atomic mass is 9.57. The molecule has 95 heavy (non-hydrogen) atoms. The second-order valence-electron chi connectivity index (χ2n) is 29.9. The average molecular weight is 1270 g/mol. The third kappa shape index (κ3) is 11.0. The van der Waals surface area contributed by atoms with Crippen molar-refractivity contribution < 1.29 is 9.47 Å². The molecule has 3 aliphatic heterocycles. The minimum atomic E-state index is 0.439. The van der Waals surface area contributed by atoms with E-state index in [0.717, 1.165) is 106 Å². The fourth-order valence-corrected chi connectivity index (χ4v) is 21.6. The van der Waals surface area contributed by atoms with Crippen molar-refractivity contribution in [1.29, 1.82) is 0 Å². The van der Waals surface area contributed by atoms with Crippen molar-refractivity contribution in [2.45, 2.75) is 115 Å². The molecule has 13 unspecified atom stereocenters. The van der Waals surface area contributed by atoms with E-state index in [0.29, 0.717) is 59.4 Å². The summed E-state index contributed by atoms with van der Waals surface area (Å²) in [5.74, 6) is 12.3. The van der Waals surface area contributed by atoms with Crippen molar-refractivity contribution in [3.63, 3.8) is 0 Å². The Morgan fingerprint density at radius 3 is 1.72 bits per heavy atom. The largest absolute Gasteiger partial charge is 0.453 e. The molecular formula is C88H88N4O2S. The van der Waals surface area contributed by atoms with Crippen LogP contribution >= 0.6 is 12.1 Å². The summed E-state index contributed by atoms with van der Waals surface area (Å²) in [5, 5.41) is 0. The summed E-state index contributed by atoms with van der Waals surface area (Å²) >= 11 is 1.83. The van der Waals surface area contributed by atoms with Crippen LogP contribution in [0.2, 0.25) is 0 Å². The van der Waals surface area contributed by atoms with Crippen LogP contribution in [-0.2, 0) is 0 Å². The molecule has 7 aliphatic carbocycles. The fraction of sp³-hybridized carbons (Fsp3) is 0.341. The molecule has 2 N–H and O–H groups in total. The number of fused-ring (bicyclic) bond motifs is 8. The van der Waals surface area contributed by atoms with Crippen molar-refractivity contribution in [3.05, 3.63) is 270 Å². The number of anilines is 6. The Labute approximate surface area is 567 Å². The van der Waals surface area contributed by atoms with E-state index in [9.17, 15) is 0 Å². The Bertz CT molecular complexity index is 4310. The molecule has 8 aromatic rings. The molecule has 18 rings (SSSR count). The van der Waals surface area contributed by atoms with Gasteiger partial charge in [-0.25, -0.2) is 9.44 Å². The standard InChI is InChI=1S/C88H88N4O2S/c1-55-21-25-57(26-22-55)65-41-45-72-75(51-65)76-52-66(58-27-23-56(2)24-28-58)42-46-73(76)86(72)64-39-33-61(34-40-64)71-47-48-74(88-87(71)89-95-90-88)85(62-35-29-59(30-36-62)67-43-49-79-83(53-67)93-81-19-11-9-17-77(81)91(79)69-13-5-3-6-14-69)63-37-31-60(32-38-63)68-44-50-80-84(54-68)94-82-20-12-10-18-78(82)92(80)70-15-7-4-8-16-70/h3-31,35,41,43-45,49-51,53-54,61-64,66,71-76,85-90H,32-34,36-40,42,46-48,52H2,1-2H3. The van der Waals surface area contributed by atoms with Gasteiger partial charge in [-0.15, -0.1) is 0 Å². The van der Waals surface area contributed by atoms with Gasteiger partial charge in [-0.2, -0.15) is 0 Å². The highest BCUT2D eigenvalue weighted by atomic mass is 32.2. The molecule has 1 saturated heterocycles. The topological polar surface area (TPSA) is 49.0 Å². The Kier molecular flexibility index (Phi) is 15.7. The van der Waals surface area contributed by atoms with E-state index < -0.39 is 0 Å². The first-order chi connectivity index (χ1) is 46.9. The van der Waals surface area contributed by atoms with E-state index in [4.69, 9.17) is 9.47 Å². The molecule has 7 heteroatoms. The number of rotatable bonds is 11. The van der Waals surface area contributed by atoms with Crippen molar-refractivity contribution in [3.8, 4) is 23.0 Å². The number of aryl methyl sites for hydroxylation is 2. The van der Waals surface area contributed by atoms with Gasteiger partial charge in [0.1, 0.15) is 0 Å². The number of para-hydroxylation sites is 6. The Hall–Kier alpha value is -8.07. The predicted molar refractivity (Wildman–Crippen MR) is 393 cm³/mol. The predicted octanol–water partition coefficient (Wildman–Crippen LogP) is 23.0. The number of allylic oxidation sites excluding steroid dienone is 10. The lowest BCUT2D eigenvalue weighted by Crippen LogP contribution is -2.54. The summed E-state index contributed by atoms with van der Waals surface area (Å²) in [5.41, 5.74) is 18.9. The van der Waals surface area contributed by atoms with E-state index in [1.54, 1.807) is 5.56 Å². The molecule has 8 aromatic carbocycles. The van der Waals surface area contributed by atoms with Gasteiger partial charge in [0, 0.05) is 35.6 Å². The monoisotopic (exact) mass is 1260 g/mol. The second kappa shape index (κ2) is 25.2. The molecule has 0 spiro atoms. The van der Waals surface area contributed by atoms with Crippen LogP contribution in [0.4, 0.5) is 34.1 Å². The van der Waals surface area contributed by atoms with Crippen molar-refractivity contribution >= 4 is 63.0 Å². The summed E-state index contributed by atoms with van der Waals surface area (Å²) in [6.45, 7) is 4.45. The summed E-state index contributed by atoms with van der Waals surface area (Å²) in [4.78, 5) is 4.69. The molecule has 4 saturated carbocycles. The number of nitrogens with one attached hydrogen (secondary N) is 2. The van der Waals surface area contributed by atoms with Gasteiger partial charge in [0.2, 0.25) is 0 Å². The highest BCUT2D eigenvalue weighted by Crippen LogP contribution is 2.63. The lowest BCUT2D eigenvalue weighted by molar-refractivity contribution is 0.0378. The first-order valence-electron chi connectivity index (χ1n) is 36.2. The summed E-state index contributed by atoms with van der Waals surface area (Å²) < 4.78 is 21.8. The van der Waals surface area contributed by atoms with Crippen LogP contribution in [0.1, 0.15) is 123 Å². The fourth-order valence-electron chi connectivity index (χ4n) is 20.6. The van der Waals surface area contributed by atoms with E-state index in [2.05, 4.69) is 270 Å². The van der Waals surface area contributed by atoms with Gasteiger partial charge in [-0.05, 0) is 286 Å². The minimum absolute atomic E-state index is 0.439. The Balaban J connectivity index is 0.607. The smallest absolute Gasteiger partial charge is 0.152 e. The second-order valence-corrected chi connectivity index (χ2v) is 30.6. The van der Waals surface area contributed by atoms with Crippen LogP contribution < -0.4 is 28.7 Å². The third-order valence-electron chi connectivity index (χ3n) is 25.0. The number of nitrogens with zero attached hydrogens (tertiary/aromatic N) is 2. The number of ether oxygens (including phenoxy) is 2. The highest BCUT2D eigenvalue weighted by molar-refractivity contribution is 7.95. The van der Waals surface area contributed by atoms with Gasteiger partial charge in [-0.1, -0.05) is 175 Å². The first-order valence-corrected chi connectivity index (χ1v) is 37.0. The van der Waals surface area contributed by atoms with Gasteiger partial charge in [0.25, 0.3) is 0 Å². The molecule has 3 heterocycles. The molecule has 0 bridgehead atoms. The van der Waals surface area contributed by atoms with Crippen LogP contribution in [0, 0.1) is 84.9 Å². The quantitative estimate of drug-likeness (QED) is 0.125. The van der Waals surface area contributed by atoms with Crippen LogP contribution in [0.15, 0.2) is 237 Å². The van der Waals surface area contributed by atoms with E-state index in [-0.39, 0.29) is 0 Å². The van der Waals surface area contributed by atoms with Crippen molar-refractivity contribution in [2.75, 3.05) is 9.80 Å². The summed E-state index contributed by atoms with van der Waals surface area (Å²) in [6.07, 6.45) is 35.0. The van der Waals surface area contributed by atoms with Crippen molar-refractivity contribution in [1.82, 2.24) is 9.44 Å². The third-order valence-corrected chi connectivity index (χ3v) is 25.8. The van der Waals surface area contributed by atoms with Crippen LogP contribution in [0.25, 0.3) is 16.7 Å². The molecule has 6 nitrogen and oxygen atoms in total. The molecule has 0 aromatic heterocycles. The molecule has 0 radical (unpaired) electrons. The molecule has 5 fully saturated rings. The first kappa shape index (κ1) is 59.4. The number of benzene rings is 8. The summed E-state index contributed by atoms with van der Waals surface area (Å²) in [6, 6.07) is 72.0. The normalized spacial score (nSPS) is 29.7. The zero-order valence-electron chi connectivity index (χ0n) is 55.0. The SMILES string of the molecule is Cc1ccc(C2=CC3C(C=C2)C(C2CCC(C4CCC(C(C5C=CC(c6ccc7c(c6)Oc6ccccc6N7c6ccccc6)=CC5)C5CC=C(c6ccc7c(c6)Oc6ccccc6N7c6ccccc6)CC5)C5NSNC45)CC2)C2CCC(c4ccc(C)cc4)CC32)cc1. The Morgan fingerprint density at radius 2 is 1.05 bits per heavy atom. The van der Waals surface area contributed by atoms with Gasteiger partial charge in [0.15, 0.2) is 23.0 Å². The van der Waals surface area contributed by atoms with Crippen molar-refractivity contribution in [2.24, 2.45) is 71.0 Å². The zero-order chi connectivity index (χ0) is 63.1. The Morgan fingerprint density at radius 1 is 0.463 bits per heavy atom. The molecule has 13 atom stereocenters. The van der Waals surface area contributed by atoms with E-state index >= 15 is 0 Å². The average Bonchev–Trinajstić information content (AvgIpc) is 1.72. The molecule has 10 aliphatic rings. The molecule has 478 valence electrons. The minimum Gasteiger partial charge on any atom is -0.453 e. The van der Waals surface area contributed by atoms with Gasteiger partial charge in [-0.3, -0.25) is 0 Å². The van der Waals surface area contributed by atoms with Crippen LogP contribution in [0.5, 0.6) is 23.0 Å². The molecule has 0 amide bonds. The lowest BCUT2D eigenvalue weighted by Gasteiger charge is -2.50. The van der Waals surface area contributed by atoms with Gasteiger partial charge < -0.3 is 19.3 Å². The van der Waals surface area contributed by atoms with E-state index in [1.165, 1.54) is 109 Å². The van der Waals surface area contributed by atoms with Gasteiger partial charge in [0.05, 0.1) is 22.7 Å². The number of hydrogen-bond donors (Lipinski definition) is 2. The van der Waals surface area contributed by atoms with Crippen LogP contribution in [0.3, 0.4) is 0 Å². The number of hydrogen-bond acceptors (Lipinski definition) is 7. The maximum atomic E-state index is 6.77. The van der Waals surface area contributed by atoms with E-state index in [1.807, 2.05) is 12.1 Å². The van der Waals surface area contributed by atoms with Crippen LogP contribution in [-0.4, -0.2) is 12.1 Å². The maximum absolute atomic E-state index is 6.77. The summed E-state index contributed by atoms with van der Waals surface area (Å²) in [7, 11) is 0.